The molecule has 0 bridgehead atoms. The zero-order valence-corrected chi connectivity index (χ0v) is 10.8. The van der Waals surface area contributed by atoms with Crippen molar-refractivity contribution in [3.63, 3.8) is 0 Å². The lowest BCUT2D eigenvalue weighted by Crippen LogP contribution is -2.12. The highest BCUT2D eigenvalue weighted by Gasteiger charge is 2.21. The van der Waals surface area contributed by atoms with Crippen LogP contribution < -0.4 is 4.74 Å². The van der Waals surface area contributed by atoms with E-state index >= 15 is 0 Å². The second kappa shape index (κ2) is 6.67. The minimum absolute atomic E-state index is 0.0925. The van der Waals surface area contributed by atoms with Gasteiger partial charge in [-0.05, 0) is 5.92 Å². The summed E-state index contributed by atoms with van der Waals surface area (Å²) in [6, 6.07) is 1.09. The van der Waals surface area contributed by atoms with Gasteiger partial charge in [0.25, 0.3) is 0 Å². The van der Waals surface area contributed by atoms with Crippen LogP contribution in [0.1, 0.15) is 37.0 Å². The fourth-order valence-electron chi connectivity index (χ4n) is 1.55. The van der Waals surface area contributed by atoms with Gasteiger partial charge in [0, 0.05) is 6.07 Å². The summed E-state index contributed by atoms with van der Waals surface area (Å²) in [5.41, 5.74) is -0.957. The molecule has 0 amide bonds. The molecule has 104 valence electrons. The SMILES string of the molecule is CCC(CC)COc1cc(C(=O)O)c([N+](=O)[O-])cn1. The zero-order chi connectivity index (χ0) is 14.4. The molecule has 7 heteroatoms. The summed E-state index contributed by atoms with van der Waals surface area (Å²) < 4.78 is 5.38. The second-order valence-corrected chi connectivity index (χ2v) is 4.10. The summed E-state index contributed by atoms with van der Waals surface area (Å²) in [5.74, 6) is -0.929. The van der Waals surface area contributed by atoms with Crippen LogP contribution in [0.15, 0.2) is 12.3 Å². The molecule has 0 atom stereocenters. The number of nitro groups is 1. The number of hydrogen-bond donors (Lipinski definition) is 1. The molecule has 0 aliphatic heterocycles. The molecule has 7 nitrogen and oxygen atoms in total. The number of carboxylic acid groups (broad SMARTS) is 1. The lowest BCUT2D eigenvalue weighted by molar-refractivity contribution is -0.385. The van der Waals surface area contributed by atoms with Crippen LogP contribution in [0.2, 0.25) is 0 Å². The highest BCUT2D eigenvalue weighted by atomic mass is 16.6. The molecule has 0 aromatic carbocycles. The number of rotatable bonds is 7. The van der Waals surface area contributed by atoms with Crippen LogP contribution in [-0.4, -0.2) is 27.6 Å². The molecule has 1 rings (SSSR count). The van der Waals surface area contributed by atoms with E-state index in [2.05, 4.69) is 4.98 Å². The molecule has 1 N–H and O–H groups in total. The Morgan fingerprint density at radius 3 is 2.63 bits per heavy atom. The third kappa shape index (κ3) is 3.90. The maximum Gasteiger partial charge on any atom is 0.342 e. The normalized spacial score (nSPS) is 10.5. The maximum atomic E-state index is 10.9. The largest absolute Gasteiger partial charge is 0.477 e. The summed E-state index contributed by atoms with van der Waals surface area (Å²) >= 11 is 0. The first kappa shape index (κ1) is 14.9. The molecule has 0 fully saturated rings. The molecule has 1 heterocycles. The van der Waals surface area contributed by atoms with Crippen molar-refractivity contribution in [1.82, 2.24) is 4.98 Å². The van der Waals surface area contributed by atoms with Crippen molar-refractivity contribution in [2.75, 3.05) is 6.61 Å². The predicted octanol–water partition coefficient (Wildman–Crippen LogP) is 2.50. The Morgan fingerprint density at radius 2 is 2.16 bits per heavy atom. The quantitative estimate of drug-likeness (QED) is 0.602. The zero-order valence-electron chi connectivity index (χ0n) is 10.8. The minimum atomic E-state index is -1.37. The van der Waals surface area contributed by atoms with Crippen molar-refractivity contribution in [3.8, 4) is 5.88 Å². The van der Waals surface area contributed by atoms with Crippen molar-refractivity contribution in [2.45, 2.75) is 26.7 Å². The monoisotopic (exact) mass is 268 g/mol. The smallest absolute Gasteiger partial charge is 0.342 e. The molecule has 0 saturated carbocycles. The number of carboxylic acids is 1. The third-order valence-electron chi connectivity index (χ3n) is 2.91. The first-order valence-corrected chi connectivity index (χ1v) is 6.00. The van der Waals surface area contributed by atoms with Gasteiger partial charge in [-0.15, -0.1) is 0 Å². The van der Waals surface area contributed by atoms with Crippen LogP contribution in [0, 0.1) is 16.0 Å². The van der Waals surface area contributed by atoms with Crippen molar-refractivity contribution in [3.05, 3.63) is 27.9 Å². The van der Waals surface area contributed by atoms with Gasteiger partial charge in [-0.25, -0.2) is 9.78 Å². The molecule has 0 aliphatic carbocycles. The number of hydrogen-bond acceptors (Lipinski definition) is 5. The van der Waals surface area contributed by atoms with E-state index in [9.17, 15) is 14.9 Å². The number of nitrogens with zero attached hydrogens (tertiary/aromatic N) is 2. The van der Waals surface area contributed by atoms with Crippen molar-refractivity contribution in [1.29, 1.82) is 0 Å². The Labute approximate surface area is 110 Å². The third-order valence-corrected chi connectivity index (χ3v) is 2.91. The highest BCUT2D eigenvalue weighted by molar-refractivity contribution is 5.92. The standard InChI is InChI=1S/C12H16N2O5/c1-3-8(4-2)7-19-11-5-9(12(15)16)10(6-13-11)14(17)18/h5-6,8H,3-4,7H2,1-2H3,(H,15,16). The van der Waals surface area contributed by atoms with Crippen molar-refractivity contribution >= 4 is 11.7 Å². The molecule has 1 aromatic rings. The Balaban J connectivity index is 2.90. The Morgan fingerprint density at radius 1 is 1.53 bits per heavy atom. The van der Waals surface area contributed by atoms with E-state index < -0.39 is 22.1 Å². The van der Waals surface area contributed by atoms with E-state index in [0.717, 1.165) is 25.1 Å². The summed E-state index contributed by atoms with van der Waals surface area (Å²) in [4.78, 5) is 24.6. The first-order valence-electron chi connectivity index (χ1n) is 6.00. The van der Waals surface area contributed by atoms with E-state index in [1.54, 1.807) is 0 Å². The maximum absolute atomic E-state index is 10.9. The average molecular weight is 268 g/mol. The van der Waals surface area contributed by atoms with E-state index in [-0.39, 0.29) is 5.88 Å². The molecule has 0 spiro atoms. The van der Waals surface area contributed by atoms with Crippen molar-refractivity contribution < 1.29 is 19.6 Å². The molecule has 1 aromatic heterocycles. The molecule has 0 aliphatic rings. The lowest BCUT2D eigenvalue weighted by Gasteiger charge is -2.13. The number of carbonyl (C=O) groups is 1. The summed E-state index contributed by atoms with van der Waals surface area (Å²) in [7, 11) is 0. The fourth-order valence-corrected chi connectivity index (χ4v) is 1.55. The molecule has 0 saturated heterocycles. The topological polar surface area (TPSA) is 103 Å². The molecule has 0 unspecified atom stereocenters. The fraction of sp³-hybridized carbons (Fsp3) is 0.500. The second-order valence-electron chi connectivity index (χ2n) is 4.10. The number of ether oxygens (including phenoxy) is 1. The van der Waals surface area contributed by atoms with E-state index in [1.807, 2.05) is 13.8 Å². The van der Waals surface area contributed by atoms with Crippen LogP contribution in [0.3, 0.4) is 0 Å². The number of aromatic carboxylic acids is 1. The molecule has 19 heavy (non-hydrogen) atoms. The van der Waals surface area contributed by atoms with Gasteiger partial charge >= 0.3 is 11.7 Å². The molecular weight excluding hydrogens is 252 g/mol. The van der Waals surface area contributed by atoms with Crippen LogP contribution in [0.25, 0.3) is 0 Å². The minimum Gasteiger partial charge on any atom is -0.477 e. The highest BCUT2D eigenvalue weighted by Crippen LogP contribution is 2.22. The Bertz CT molecular complexity index is 471. The van der Waals surface area contributed by atoms with Crippen LogP contribution in [0.5, 0.6) is 5.88 Å². The van der Waals surface area contributed by atoms with Gasteiger partial charge in [-0.3, -0.25) is 10.1 Å². The van der Waals surface area contributed by atoms with Crippen molar-refractivity contribution in [2.24, 2.45) is 5.92 Å². The van der Waals surface area contributed by atoms with Gasteiger partial charge in [0.2, 0.25) is 5.88 Å². The summed E-state index contributed by atoms with van der Waals surface area (Å²) in [6.07, 6.45) is 2.79. The summed E-state index contributed by atoms with van der Waals surface area (Å²) in [6.45, 7) is 4.48. The average Bonchev–Trinajstić information content (AvgIpc) is 2.39. The van der Waals surface area contributed by atoms with E-state index in [4.69, 9.17) is 9.84 Å². The van der Waals surface area contributed by atoms with Gasteiger partial charge in [-0.2, -0.15) is 0 Å². The van der Waals surface area contributed by atoms with Gasteiger partial charge < -0.3 is 9.84 Å². The first-order chi connectivity index (χ1) is 8.99. The van der Waals surface area contributed by atoms with Gasteiger partial charge in [0.05, 0.1) is 11.5 Å². The van der Waals surface area contributed by atoms with Gasteiger partial charge in [0.1, 0.15) is 11.8 Å². The van der Waals surface area contributed by atoms with Crippen LogP contribution >= 0.6 is 0 Å². The lowest BCUT2D eigenvalue weighted by atomic mass is 10.1. The predicted molar refractivity (Wildman–Crippen MR) is 67.4 cm³/mol. The molecule has 0 radical (unpaired) electrons. The molecular formula is C12H16N2O5. The van der Waals surface area contributed by atoms with Gasteiger partial charge in [-0.1, -0.05) is 26.7 Å². The van der Waals surface area contributed by atoms with Crippen LogP contribution in [0.4, 0.5) is 5.69 Å². The summed E-state index contributed by atoms with van der Waals surface area (Å²) in [5, 5.41) is 19.6. The Hall–Kier alpha value is -2.18. The number of pyridine rings is 1. The van der Waals surface area contributed by atoms with E-state index in [0.29, 0.717) is 12.5 Å². The van der Waals surface area contributed by atoms with E-state index in [1.165, 1.54) is 0 Å². The Kier molecular flexibility index (Phi) is 5.23. The number of aromatic nitrogens is 1. The van der Waals surface area contributed by atoms with Crippen LogP contribution in [-0.2, 0) is 0 Å². The van der Waals surface area contributed by atoms with Gasteiger partial charge in [0.15, 0.2) is 0 Å².